The van der Waals surface area contributed by atoms with Gasteiger partial charge in [-0.15, -0.1) is 28.1 Å². The Hall–Kier alpha value is -2.36. The minimum absolute atomic E-state index is 0.146. The molecule has 0 saturated heterocycles. The Bertz CT molecular complexity index is 1340. The van der Waals surface area contributed by atoms with Crippen molar-refractivity contribution in [3.05, 3.63) is 86.8 Å². The third kappa shape index (κ3) is 6.00. The van der Waals surface area contributed by atoms with Crippen LogP contribution in [0.1, 0.15) is 10.4 Å². The Kier molecular flexibility index (Phi) is 8.28. The van der Waals surface area contributed by atoms with Crippen LogP contribution in [-0.4, -0.2) is 31.4 Å². The summed E-state index contributed by atoms with van der Waals surface area (Å²) in [6.45, 7) is 4.29. The van der Waals surface area contributed by atoms with Gasteiger partial charge in [-0.25, -0.2) is 4.98 Å². The maximum atomic E-state index is 12.5. The van der Waals surface area contributed by atoms with Gasteiger partial charge in [-0.05, 0) is 35.9 Å². The summed E-state index contributed by atoms with van der Waals surface area (Å²) < 4.78 is 1.88. The Morgan fingerprint density at radius 1 is 1.15 bits per heavy atom. The average Bonchev–Trinajstić information content (AvgIpc) is 3.42. The van der Waals surface area contributed by atoms with E-state index >= 15 is 0 Å². The van der Waals surface area contributed by atoms with E-state index in [4.69, 9.17) is 34.8 Å². The van der Waals surface area contributed by atoms with Gasteiger partial charge in [0.15, 0.2) is 16.1 Å². The van der Waals surface area contributed by atoms with Gasteiger partial charge in [-0.1, -0.05) is 64.8 Å². The fourth-order valence-electron chi connectivity index (χ4n) is 3.13. The lowest BCUT2D eigenvalue weighted by Gasteiger charge is -2.08. The lowest BCUT2D eigenvalue weighted by Crippen LogP contribution is -2.14. The average molecular weight is 551 g/mol. The summed E-state index contributed by atoms with van der Waals surface area (Å²) in [5, 5.41) is 14.3. The number of aromatic nitrogens is 4. The molecule has 0 aliphatic heterocycles. The lowest BCUT2D eigenvalue weighted by molar-refractivity contribution is -0.113. The summed E-state index contributed by atoms with van der Waals surface area (Å²) in [5.74, 6) is 0.573. The molecular formula is C23H18Cl3N5OS2. The molecule has 34 heavy (non-hydrogen) atoms. The molecule has 174 valence electrons. The minimum atomic E-state index is -0.195. The van der Waals surface area contributed by atoms with Crippen molar-refractivity contribution in [2.75, 3.05) is 11.1 Å². The zero-order valence-electron chi connectivity index (χ0n) is 17.7. The van der Waals surface area contributed by atoms with Crippen molar-refractivity contribution in [3.63, 3.8) is 0 Å². The van der Waals surface area contributed by atoms with E-state index in [1.54, 1.807) is 30.5 Å². The molecule has 0 bridgehead atoms. The van der Waals surface area contributed by atoms with Crippen molar-refractivity contribution < 1.29 is 4.79 Å². The third-order valence-electron chi connectivity index (χ3n) is 4.65. The molecular weight excluding hydrogens is 533 g/mol. The van der Waals surface area contributed by atoms with Crippen molar-refractivity contribution in [3.8, 4) is 11.4 Å². The molecule has 4 aromatic rings. The second kappa shape index (κ2) is 11.4. The molecule has 4 rings (SSSR count). The van der Waals surface area contributed by atoms with Crippen molar-refractivity contribution in [2.45, 2.75) is 18.1 Å². The molecule has 0 atom stereocenters. The summed E-state index contributed by atoms with van der Waals surface area (Å²) >= 11 is 21.3. The van der Waals surface area contributed by atoms with Crippen LogP contribution >= 0.6 is 57.9 Å². The number of nitrogens with one attached hydrogen (secondary N) is 1. The van der Waals surface area contributed by atoms with E-state index in [9.17, 15) is 4.79 Å². The highest BCUT2D eigenvalue weighted by Crippen LogP contribution is 2.30. The van der Waals surface area contributed by atoms with Gasteiger partial charge >= 0.3 is 0 Å². The van der Waals surface area contributed by atoms with Gasteiger partial charge in [0.1, 0.15) is 0 Å². The molecule has 0 spiro atoms. The molecule has 0 aliphatic rings. The van der Waals surface area contributed by atoms with Crippen molar-refractivity contribution in [1.82, 2.24) is 19.7 Å². The van der Waals surface area contributed by atoms with Gasteiger partial charge in [0.05, 0.1) is 10.8 Å². The minimum Gasteiger partial charge on any atom is -0.301 e. The van der Waals surface area contributed by atoms with E-state index in [0.29, 0.717) is 44.1 Å². The molecule has 2 aromatic carbocycles. The second-order valence-electron chi connectivity index (χ2n) is 7.07. The highest BCUT2D eigenvalue weighted by atomic mass is 35.5. The van der Waals surface area contributed by atoms with E-state index in [2.05, 4.69) is 27.1 Å². The van der Waals surface area contributed by atoms with E-state index < -0.39 is 0 Å². The first-order valence-corrected chi connectivity index (χ1v) is 13.0. The van der Waals surface area contributed by atoms with E-state index in [0.717, 1.165) is 16.0 Å². The number of halogens is 3. The number of rotatable bonds is 9. The van der Waals surface area contributed by atoms with Crippen LogP contribution in [0.3, 0.4) is 0 Å². The number of benzene rings is 2. The molecule has 0 radical (unpaired) electrons. The van der Waals surface area contributed by atoms with Crippen LogP contribution < -0.4 is 5.32 Å². The first kappa shape index (κ1) is 24.8. The van der Waals surface area contributed by atoms with Gasteiger partial charge in [-0.2, -0.15) is 0 Å². The Balaban J connectivity index is 1.40. The van der Waals surface area contributed by atoms with Crippen molar-refractivity contribution in [2.24, 2.45) is 0 Å². The number of hydrogen-bond donors (Lipinski definition) is 1. The number of anilines is 1. The van der Waals surface area contributed by atoms with Gasteiger partial charge < -0.3 is 5.32 Å². The number of nitrogens with zero attached hydrogens (tertiary/aromatic N) is 4. The molecule has 0 aliphatic carbocycles. The molecule has 6 nitrogen and oxygen atoms in total. The zero-order chi connectivity index (χ0) is 24.1. The maximum Gasteiger partial charge on any atom is 0.236 e. The largest absolute Gasteiger partial charge is 0.301 e. The van der Waals surface area contributed by atoms with E-state index in [1.165, 1.54) is 23.1 Å². The Labute approximate surface area is 220 Å². The SMILES string of the molecule is C=CCn1c(SCC(=O)Nc2ncc(Cc3cc(Cl)ccc3Cl)s2)nnc1-c1ccccc1Cl. The summed E-state index contributed by atoms with van der Waals surface area (Å²) in [6, 6.07) is 12.8. The molecule has 0 saturated carbocycles. The van der Waals surface area contributed by atoms with Crippen molar-refractivity contribution >= 4 is 68.9 Å². The van der Waals surface area contributed by atoms with Gasteiger partial charge in [0, 0.05) is 39.6 Å². The van der Waals surface area contributed by atoms with Crippen LogP contribution in [0.4, 0.5) is 5.13 Å². The zero-order valence-corrected chi connectivity index (χ0v) is 21.6. The van der Waals surface area contributed by atoms with Crippen LogP contribution in [0.2, 0.25) is 15.1 Å². The summed E-state index contributed by atoms with van der Waals surface area (Å²) in [5.41, 5.74) is 1.67. The standard InChI is InChI=1S/C23H18Cl3N5OS2/c1-2-9-31-21(17-5-3-4-6-19(17)26)29-30-23(31)33-13-20(32)28-22-27-12-16(34-22)11-14-10-15(24)7-8-18(14)25/h2-8,10,12H,1,9,11,13H2,(H,27,28,32). The predicted molar refractivity (Wildman–Crippen MR) is 141 cm³/mol. The van der Waals surface area contributed by atoms with Gasteiger partial charge in [-0.3, -0.25) is 9.36 Å². The molecule has 11 heteroatoms. The smallest absolute Gasteiger partial charge is 0.236 e. The van der Waals surface area contributed by atoms with E-state index in [-0.39, 0.29) is 11.7 Å². The highest BCUT2D eigenvalue weighted by molar-refractivity contribution is 7.99. The fourth-order valence-corrected chi connectivity index (χ4v) is 5.33. The number of carbonyl (C=O) groups excluding carboxylic acids is 1. The quantitative estimate of drug-likeness (QED) is 0.182. The normalized spacial score (nSPS) is 10.9. The van der Waals surface area contributed by atoms with E-state index in [1.807, 2.05) is 28.8 Å². The summed E-state index contributed by atoms with van der Waals surface area (Å²) in [6.07, 6.45) is 4.05. The lowest BCUT2D eigenvalue weighted by atomic mass is 10.1. The summed E-state index contributed by atoms with van der Waals surface area (Å²) in [4.78, 5) is 17.8. The number of amides is 1. The predicted octanol–water partition coefficient (Wildman–Crippen LogP) is 6.87. The molecule has 1 N–H and O–H groups in total. The molecule has 1 amide bonds. The van der Waals surface area contributed by atoms with Crippen LogP contribution in [0, 0.1) is 0 Å². The highest BCUT2D eigenvalue weighted by Gasteiger charge is 2.17. The Morgan fingerprint density at radius 3 is 2.76 bits per heavy atom. The Morgan fingerprint density at radius 2 is 1.97 bits per heavy atom. The number of thioether (sulfide) groups is 1. The monoisotopic (exact) mass is 549 g/mol. The first-order chi connectivity index (χ1) is 16.4. The van der Waals surface area contributed by atoms with Gasteiger partial charge in [0.2, 0.25) is 5.91 Å². The fraction of sp³-hybridized carbons (Fsp3) is 0.130. The third-order valence-corrected chi connectivity index (χ3v) is 7.46. The van der Waals surface area contributed by atoms with Gasteiger partial charge in [0.25, 0.3) is 0 Å². The van der Waals surface area contributed by atoms with Crippen LogP contribution in [0.25, 0.3) is 11.4 Å². The van der Waals surface area contributed by atoms with Crippen molar-refractivity contribution in [1.29, 1.82) is 0 Å². The molecule has 2 aromatic heterocycles. The number of thiazole rings is 1. The molecule has 2 heterocycles. The number of hydrogen-bond acceptors (Lipinski definition) is 6. The molecule has 0 fully saturated rings. The van der Waals surface area contributed by atoms with Crippen LogP contribution in [0.15, 0.2) is 66.5 Å². The number of allylic oxidation sites excluding steroid dienone is 1. The first-order valence-electron chi connectivity index (χ1n) is 10.0. The number of carbonyl (C=O) groups is 1. The maximum absolute atomic E-state index is 12.5. The second-order valence-corrected chi connectivity index (χ2v) is 10.4. The molecule has 0 unspecified atom stereocenters. The van der Waals surface area contributed by atoms with Crippen LogP contribution in [-0.2, 0) is 17.8 Å². The summed E-state index contributed by atoms with van der Waals surface area (Å²) in [7, 11) is 0. The topological polar surface area (TPSA) is 72.7 Å². The van der Waals surface area contributed by atoms with Crippen LogP contribution in [0.5, 0.6) is 0 Å².